The predicted octanol–water partition coefficient (Wildman–Crippen LogP) is 7.25. The molecular formula is C70H88N12O11. The van der Waals surface area contributed by atoms with E-state index in [0.717, 1.165) is 49.2 Å². The van der Waals surface area contributed by atoms with E-state index >= 15 is 4.79 Å². The van der Waals surface area contributed by atoms with E-state index in [0.29, 0.717) is 16.7 Å². The number of hydrogen-bond acceptors (Lipinski definition) is 11. The van der Waals surface area contributed by atoms with Crippen molar-refractivity contribution in [2.45, 2.75) is 168 Å². The third-order valence-corrected chi connectivity index (χ3v) is 16.1. The Labute approximate surface area is 540 Å². The quantitative estimate of drug-likeness (QED) is 0.0217. The maximum Gasteiger partial charge on any atom is 0.408 e. The lowest BCUT2D eigenvalue weighted by molar-refractivity contribution is -0.145. The summed E-state index contributed by atoms with van der Waals surface area (Å²) in [7, 11) is 1.23. The number of aromatic amines is 4. The summed E-state index contributed by atoms with van der Waals surface area (Å²) >= 11 is 0. The molecule has 4 aromatic heterocycles. The number of H-pyrrole nitrogens is 4. The molecule has 0 aliphatic carbocycles. The number of carbonyl (C=O) groups excluding carboxylic acids is 9. The molecule has 0 fully saturated rings. The fraction of sp³-hybridized carbons (Fsp3) is 0.414. The van der Waals surface area contributed by atoms with Gasteiger partial charge in [0.05, 0.1) is 7.11 Å². The van der Waals surface area contributed by atoms with Crippen LogP contribution < -0.4 is 42.5 Å². The number of rotatable bonds is 28. The van der Waals surface area contributed by atoms with E-state index in [4.69, 9.17) is 9.47 Å². The number of alkyl carbamates (subject to hydrolysis) is 1. The summed E-state index contributed by atoms with van der Waals surface area (Å²) in [6.07, 6.45) is 6.22. The van der Waals surface area contributed by atoms with E-state index in [1.165, 1.54) is 34.8 Å². The number of benzene rings is 4. The van der Waals surface area contributed by atoms with Crippen molar-refractivity contribution in [1.82, 2.24) is 62.5 Å². The number of nitrogens with one attached hydrogen (secondary N) is 12. The molecule has 4 aromatic carbocycles. The number of esters is 1. The largest absolute Gasteiger partial charge is 0.467 e. The van der Waals surface area contributed by atoms with Crippen LogP contribution in [-0.2, 0) is 73.5 Å². The van der Waals surface area contributed by atoms with Crippen molar-refractivity contribution in [3.05, 3.63) is 144 Å². The standard InChI is InChI=1S/C70H88N12O11/c1-39(2)29-53(75-62(86)56(32-42-36-72-50-26-18-14-22-46(42)50)80-66(90)70(10,11)82-67(91)93-68(5,6)7)59(83)77-57(33-43-37-73-51-27-19-15-23-47(43)51)63(87)81-69(8,9)65(89)79-55(31-41-35-71-49-25-17-13-21-45(41)49)61(85)76-54(30-40(3)4)60(84)78-58(64(88)92-12)34-44-38-74-52-28-20-16-24-48(44)52/h13-28,35-40,53-58,71-74H,29-34H2,1-12H3,(H,75,86)(H,76,85)(H,77,83)(H,78,84)(H,79,89)(H,80,90)(H,81,87)(H,82,91)/t53-,54-,55-,56-,57-,58-/m0/s1. The van der Waals surface area contributed by atoms with Crippen molar-refractivity contribution in [3.63, 3.8) is 0 Å². The molecule has 0 aliphatic heterocycles. The Morgan fingerprint density at radius 3 is 1.01 bits per heavy atom. The molecule has 0 unspecified atom stereocenters. The summed E-state index contributed by atoms with van der Waals surface area (Å²) in [6, 6.07) is 22.2. The second-order valence-electron chi connectivity index (χ2n) is 26.7. The van der Waals surface area contributed by atoms with Gasteiger partial charge >= 0.3 is 12.1 Å². The van der Waals surface area contributed by atoms with Gasteiger partial charge in [-0.15, -0.1) is 0 Å². The van der Waals surface area contributed by atoms with Gasteiger partial charge in [0.2, 0.25) is 41.4 Å². The van der Waals surface area contributed by atoms with Gasteiger partial charge in [0, 0.05) is 94.1 Å². The Morgan fingerprint density at radius 2 is 0.677 bits per heavy atom. The summed E-state index contributed by atoms with van der Waals surface area (Å²) in [6.45, 7) is 18.4. The van der Waals surface area contributed by atoms with Crippen LogP contribution in [0, 0.1) is 11.8 Å². The Hall–Kier alpha value is -9.93. The second kappa shape index (κ2) is 29.6. The van der Waals surface area contributed by atoms with E-state index in [9.17, 15) is 38.4 Å². The Bertz CT molecular complexity index is 4010. The summed E-state index contributed by atoms with van der Waals surface area (Å²) < 4.78 is 10.6. The Balaban J connectivity index is 1.04. The number of ether oxygens (including phenoxy) is 2. The van der Waals surface area contributed by atoms with E-state index in [1.807, 2.05) is 125 Å². The van der Waals surface area contributed by atoms with Crippen molar-refractivity contribution in [2.75, 3.05) is 7.11 Å². The van der Waals surface area contributed by atoms with Gasteiger partial charge < -0.3 is 71.9 Å². The smallest absolute Gasteiger partial charge is 0.408 e. The number of carbonyl (C=O) groups is 9. The minimum Gasteiger partial charge on any atom is -0.467 e. The van der Waals surface area contributed by atoms with E-state index < -0.39 is 106 Å². The third kappa shape index (κ3) is 18.0. The van der Waals surface area contributed by atoms with Gasteiger partial charge in [-0.3, -0.25) is 33.6 Å². The van der Waals surface area contributed by atoms with Gasteiger partial charge in [-0.05, 0) is 120 Å². The topological polar surface area (TPSA) is 331 Å². The summed E-state index contributed by atoms with van der Waals surface area (Å²) in [4.78, 5) is 142. The van der Waals surface area contributed by atoms with Gasteiger partial charge in [-0.1, -0.05) is 100 Å². The number of para-hydroxylation sites is 4. The van der Waals surface area contributed by atoms with E-state index in [2.05, 4.69) is 62.5 Å². The molecule has 23 heteroatoms. The molecule has 4 heterocycles. The van der Waals surface area contributed by atoms with Crippen LogP contribution in [0.5, 0.6) is 0 Å². The lowest BCUT2D eigenvalue weighted by Gasteiger charge is -2.32. The van der Waals surface area contributed by atoms with E-state index in [-0.39, 0.29) is 50.4 Å². The van der Waals surface area contributed by atoms with Gasteiger partial charge in [0.1, 0.15) is 52.9 Å². The molecule has 0 aliphatic rings. The molecule has 494 valence electrons. The monoisotopic (exact) mass is 1270 g/mol. The van der Waals surface area contributed by atoms with Crippen molar-refractivity contribution in [2.24, 2.45) is 11.8 Å². The molecule has 0 bridgehead atoms. The molecule has 8 amide bonds. The van der Waals surface area contributed by atoms with Crippen LogP contribution in [-0.4, -0.2) is 133 Å². The van der Waals surface area contributed by atoms with Gasteiger partial charge in [-0.2, -0.15) is 0 Å². The van der Waals surface area contributed by atoms with Crippen LogP contribution in [0.4, 0.5) is 4.79 Å². The second-order valence-corrected chi connectivity index (χ2v) is 26.7. The predicted molar refractivity (Wildman–Crippen MR) is 356 cm³/mol. The molecule has 0 spiro atoms. The molecule has 6 atom stereocenters. The van der Waals surface area contributed by atoms with Crippen LogP contribution in [0.3, 0.4) is 0 Å². The van der Waals surface area contributed by atoms with Crippen LogP contribution in [0.1, 0.15) is 111 Å². The number of amides is 8. The molecule has 8 aromatic rings. The number of aromatic nitrogens is 4. The Morgan fingerprint density at radius 1 is 0.387 bits per heavy atom. The number of methoxy groups -OCH3 is 1. The molecule has 0 saturated heterocycles. The SMILES string of the molecule is COC(=O)[C@H](Cc1c[nH]c2ccccc12)NC(=O)[C@H](CC(C)C)NC(=O)[C@H](Cc1c[nH]c2ccccc12)NC(=O)C(C)(C)NC(=O)[C@H](Cc1c[nH]c2ccccc12)NC(=O)[C@H](CC(C)C)NC(=O)[C@H](Cc1c[nH]c2ccccc12)NC(=O)C(C)(C)NC(=O)OC(C)(C)C. The first-order valence-corrected chi connectivity index (χ1v) is 31.4. The Kier molecular flexibility index (Phi) is 21.9. The summed E-state index contributed by atoms with van der Waals surface area (Å²) in [5.41, 5.74) is 1.67. The minimum atomic E-state index is -1.80. The van der Waals surface area contributed by atoms with Crippen molar-refractivity contribution >= 4 is 97.0 Å². The first-order valence-electron chi connectivity index (χ1n) is 31.4. The van der Waals surface area contributed by atoms with E-state index in [1.54, 1.807) is 45.6 Å². The molecule has 8 rings (SSSR count). The average molecular weight is 1270 g/mol. The van der Waals surface area contributed by atoms with Gasteiger partial charge in [0.15, 0.2) is 0 Å². The van der Waals surface area contributed by atoms with Crippen LogP contribution in [0.2, 0.25) is 0 Å². The zero-order valence-corrected chi connectivity index (χ0v) is 54.9. The van der Waals surface area contributed by atoms with Crippen molar-refractivity contribution in [3.8, 4) is 0 Å². The highest BCUT2D eigenvalue weighted by Gasteiger charge is 2.40. The minimum absolute atomic E-state index is 0.0361. The zero-order chi connectivity index (χ0) is 67.5. The normalized spacial score (nSPS) is 14.0. The lowest BCUT2D eigenvalue weighted by Crippen LogP contribution is -2.64. The first-order chi connectivity index (χ1) is 44.0. The average Bonchev–Trinajstić information content (AvgIpc) is 1.85. The van der Waals surface area contributed by atoms with Crippen LogP contribution in [0.15, 0.2) is 122 Å². The highest BCUT2D eigenvalue weighted by atomic mass is 16.6. The molecular weight excluding hydrogens is 1180 g/mol. The zero-order valence-electron chi connectivity index (χ0n) is 54.9. The van der Waals surface area contributed by atoms with Crippen molar-refractivity contribution in [1.29, 1.82) is 0 Å². The molecule has 12 N–H and O–H groups in total. The highest BCUT2D eigenvalue weighted by molar-refractivity contribution is 6.00. The van der Waals surface area contributed by atoms with Gasteiger partial charge in [-0.25, -0.2) is 9.59 Å². The van der Waals surface area contributed by atoms with Crippen molar-refractivity contribution < 1.29 is 52.6 Å². The van der Waals surface area contributed by atoms with Crippen LogP contribution in [0.25, 0.3) is 43.6 Å². The number of fused-ring (bicyclic) bond motifs is 4. The maximum absolute atomic E-state index is 15.1. The molecule has 0 radical (unpaired) electrons. The highest BCUT2D eigenvalue weighted by Crippen LogP contribution is 2.25. The molecule has 93 heavy (non-hydrogen) atoms. The lowest BCUT2D eigenvalue weighted by atomic mass is 9.97. The molecule has 0 saturated carbocycles. The fourth-order valence-electron chi connectivity index (χ4n) is 11.3. The summed E-state index contributed by atoms with van der Waals surface area (Å²) in [5, 5.41) is 25.8. The molecule has 23 nitrogen and oxygen atoms in total. The summed E-state index contributed by atoms with van der Waals surface area (Å²) in [5.74, 6) is -6.16. The first kappa shape index (κ1) is 69.0. The van der Waals surface area contributed by atoms with Gasteiger partial charge in [0.25, 0.3) is 0 Å². The third-order valence-electron chi connectivity index (χ3n) is 16.1. The number of hydrogen-bond donors (Lipinski definition) is 12. The maximum atomic E-state index is 15.1. The fourth-order valence-corrected chi connectivity index (χ4v) is 11.3. The van der Waals surface area contributed by atoms with Crippen LogP contribution >= 0.6 is 0 Å².